The molecule has 0 atom stereocenters. The number of hydrogen-bond acceptors (Lipinski definition) is 3. The van der Waals surface area contributed by atoms with Gasteiger partial charge in [-0.2, -0.15) is 4.68 Å². The van der Waals surface area contributed by atoms with Crippen molar-refractivity contribution in [1.82, 2.24) is 15.0 Å². The number of aromatic nitrogens is 3. The lowest BCUT2D eigenvalue weighted by atomic mass is 10.3. The van der Waals surface area contributed by atoms with Crippen LogP contribution in [0.1, 0.15) is 0 Å². The molecule has 0 saturated heterocycles. The van der Waals surface area contributed by atoms with Crippen LogP contribution < -0.4 is 5.73 Å². The van der Waals surface area contributed by atoms with Crippen LogP contribution >= 0.6 is 15.9 Å². The lowest BCUT2D eigenvalue weighted by Crippen LogP contribution is -2.01. The number of benzene rings is 1. The fourth-order valence-corrected chi connectivity index (χ4v) is 1.44. The first-order valence-electron chi connectivity index (χ1n) is 3.69. The second kappa shape index (κ2) is 3.18. The highest BCUT2D eigenvalue weighted by atomic mass is 79.9. The van der Waals surface area contributed by atoms with E-state index in [0.29, 0.717) is 5.82 Å². The number of nitrogens with two attached hydrogens (primary N) is 1. The molecule has 0 aliphatic rings. The lowest BCUT2D eigenvalue weighted by Gasteiger charge is -2.01. The Balaban J connectivity index is 2.53. The normalized spacial score (nSPS) is 10.2. The second-order valence-corrected chi connectivity index (χ2v) is 3.47. The maximum atomic E-state index is 5.65. The summed E-state index contributed by atoms with van der Waals surface area (Å²) in [6.07, 6.45) is 1.51. The molecule has 0 bridgehead atoms. The molecule has 0 unspecified atom stereocenters. The van der Waals surface area contributed by atoms with Gasteiger partial charge in [-0.05, 0) is 18.2 Å². The van der Waals surface area contributed by atoms with Gasteiger partial charge in [0.15, 0.2) is 0 Å². The summed E-state index contributed by atoms with van der Waals surface area (Å²) < 4.78 is 2.56. The van der Waals surface area contributed by atoms with Crippen molar-refractivity contribution in [2.75, 3.05) is 5.73 Å². The van der Waals surface area contributed by atoms with E-state index in [1.807, 2.05) is 24.3 Å². The molecule has 0 spiro atoms. The van der Waals surface area contributed by atoms with Crippen molar-refractivity contribution in [2.24, 2.45) is 0 Å². The van der Waals surface area contributed by atoms with Crippen molar-refractivity contribution in [3.63, 3.8) is 0 Å². The van der Waals surface area contributed by atoms with E-state index in [-0.39, 0.29) is 0 Å². The summed E-state index contributed by atoms with van der Waals surface area (Å²) in [5.41, 5.74) is 6.54. The zero-order valence-corrected chi connectivity index (χ0v) is 8.27. The summed E-state index contributed by atoms with van der Waals surface area (Å²) in [6, 6.07) is 7.69. The van der Waals surface area contributed by atoms with E-state index in [4.69, 9.17) is 5.73 Å². The first kappa shape index (κ1) is 8.25. The molecule has 0 aliphatic heterocycles. The van der Waals surface area contributed by atoms with E-state index in [9.17, 15) is 0 Å². The molecule has 2 rings (SSSR count). The first-order valence-corrected chi connectivity index (χ1v) is 4.49. The van der Waals surface area contributed by atoms with Gasteiger partial charge in [0.25, 0.3) is 0 Å². The molecule has 2 aromatic rings. The van der Waals surface area contributed by atoms with E-state index in [1.165, 1.54) is 6.20 Å². The van der Waals surface area contributed by atoms with Gasteiger partial charge in [0.05, 0.1) is 11.9 Å². The zero-order chi connectivity index (χ0) is 9.26. The highest BCUT2D eigenvalue weighted by Gasteiger charge is 2.01. The third kappa shape index (κ3) is 1.55. The Morgan fingerprint density at radius 3 is 2.85 bits per heavy atom. The molecular weight excluding hydrogens is 232 g/mol. The number of anilines is 1. The van der Waals surface area contributed by atoms with Crippen molar-refractivity contribution < 1.29 is 0 Å². The predicted molar refractivity (Wildman–Crippen MR) is 53.5 cm³/mol. The summed E-state index contributed by atoms with van der Waals surface area (Å²) in [7, 11) is 0. The van der Waals surface area contributed by atoms with Gasteiger partial charge in [0.2, 0.25) is 0 Å². The Labute approximate surface area is 83.5 Å². The van der Waals surface area contributed by atoms with E-state index < -0.39 is 0 Å². The van der Waals surface area contributed by atoms with E-state index in [2.05, 4.69) is 26.2 Å². The average Bonchev–Trinajstić information content (AvgIpc) is 2.51. The van der Waals surface area contributed by atoms with Crippen molar-refractivity contribution in [3.05, 3.63) is 34.9 Å². The molecule has 5 heteroatoms. The molecule has 13 heavy (non-hydrogen) atoms. The van der Waals surface area contributed by atoms with Gasteiger partial charge in [0.1, 0.15) is 5.82 Å². The van der Waals surface area contributed by atoms with Crippen molar-refractivity contribution in [3.8, 4) is 5.69 Å². The van der Waals surface area contributed by atoms with Crippen molar-refractivity contribution >= 4 is 21.7 Å². The maximum absolute atomic E-state index is 5.65. The number of hydrogen-bond donors (Lipinski definition) is 1. The molecule has 0 aliphatic carbocycles. The molecule has 1 aromatic carbocycles. The minimum Gasteiger partial charge on any atom is -0.382 e. The molecule has 0 radical (unpaired) electrons. The fourth-order valence-electron chi connectivity index (χ4n) is 1.05. The lowest BCUT2D eigenvalue weighted by molar-refractivity contribution is 0.809. The van der Waals surface area contributed by atoms with Crippen LogP contribution in [0.25, 0.3) is 5.69 Å². The molecule has 66 valence electrons. The SMILES string of the molecule is Nc1cnnn1-c1cccc(Br)c1. The van der Waals surface area contributed by atoms with E-state index >= 15 is 0 Å². The summed E-state index contributed by atoms with van der Waals surface area (Å²) in [5, 5.41) is 7.55. The molecule has 0 fully saturated rings. The van der Waals surface area contributed by atoms with Gasteiger partial charge in [0, 0.05) is 4.47 Å². The van der Waals surface area contributed by atoms with Crippen LogP contribution in [0.15, 0.2) is 34.9 Å². The summed E-state index contributed by atoms with van der Waals surface area (Å²) in [5.74, 6) is 0.526. The Morgan fingerprint density at radius 2 is 2.23 bits per heavy atom. The van der Waals surface area contributed by atoms with Crippen LogP contribution in [-0.2, 0) is 0 Å². The van der Waals surface area contributed by atoms with Crippen LogP contribution in [-0.4, -0.2) is 15.0 Å². The largest absolute Gasteiger partial charge is 0.382 e. The highest BCUT2D eigenvalue weighted by molar-refractivity contribution is 9.10. The van der Waals surface area contributed by atoms with E-state index in [1.54, 1.807) is 4.68 Å². The Hall–Kier alpha value is -1.36. The highest BCUT2D eigenvalue weighted by Crippen LogP contribution is 2.16. The molecule has 4 nitrogen and oxygen atoms in total. The number of nitrogens with zero attached hydrogens (tertiary/aromatic N) is 3. The van der Waals surface area contributed by atoms with Gasteiger partial charge in [-0.3, -0.25) is 0 Å². The summed E-state index contributed by atoms with van der Waals surface area (Å²) >= 11 is 3.37. The number of nitrogen functional groups attached to an aromatic ring is 1. The van der Waals surface area contributed by atoms with Gasteiger partial charge in [-0.25, -0.2) is 0 Å². The summed E-state index contributed by atoms with van der Waals surface area (Å²) in [6.45, 7) is 0. The van der Waals surface area contributed by atoms with Gasteiger partial charge in [-0.1, -0.05) is 27.2 Å². The molecular formula is C8H7BrN4. The minimum atomic E-state index is 0.526. The monoisotopic (exact) mass is 238 g/mol. The Kier molecular flexibility index (Phi) is 2.02. The Bertz CT molecular complexity index is 424. The van der Waals surface area contributed by atoms with Gasteiger partial charge in [-0.15, -0.1) is 5.10 Å². The predicted octanol–water partition coefficient (Wildman–Crippen LogP) is 1.61. The topological polar surface area (TPSA) is 56.7 Å². The minimum absolute atomic E-state index is 0.526. The van der Waals surface area contributed by atoms with Crippen LogP contribution in [0.4, 0.5) is 5.82 Å². The average molecular weight is 239 g/mol. The van der Waals surface area contributed by atoms with Crippen LogP contribution in [0, 0.1) is 0 Å². The number of halogens is 1. The van der Waals surface area contributed by atoms with Crippen molar-refractivity contribution in [2.45, 2.75) is 0 Å². The van der Waals surface area contributed by atoms with Gasteiger partial charge >= 0.3 is 0 Å². The van der Waals surface area contributed by atoms with Crippen LogP contribution in [0.2, 0.25) is 0 Å². The summed E-state index contributed by atoms with van der Waals surface area (Å²) in [4.78, 5) is 0. The van der Waals surface area contributed by atoms with Crippen LogP contribution in [0.3, 0.4) is 0 Å². The van der Waals surface area contributed by atoms with Crippen LogP contribution in [0.5, 0.6) is 0 Å². The smallest absolute Gasteiger partial charge is 0.147 e. The number of rotatable bonds is 1. The Morgan fingerprint density at radius 1 is 1.38 bits per heavy atom. The standard InChI is InChI=1S/C8H7BrN4/c9-6-2-1-3-7(4-6)13-8(10)5-11-12-13/h1-5H,10H2. The molecule has 0 amide bonds. The molecule has 1 heterocycles. The fraction of sp³-hybridized carbons (Fsp3) is 0. The molecule has 1 aromatic heterocycles. The zero-order valence-electron chi connectivity index (χ0n) is 6.68. The maximum Gasteiger partial charge on any atom is 0.147 e. The molecule has 2 N–H and O–H groups in total. The van der Waals surface area contributed by atoms with E-state index in [0.717, 1.165) is 10.2 Å². The second-order valence-electron chi connectivity index (χ2n) is 2.55. The van der Waals surface area contributed by atoms with Gasteiger partial charge < -0.3 is 5.73 Å². The quantitative estimate of drug-likeness (QED) is 0.822. The molecule has 0 saturated carbocycles. The van der Waals surface area contributed by atoms with Crippen molar-refractivity contribution in [1.29, 1.82) is 0 Å². The third-order valence-corrected chi connectivity index (χ3v) is 2.12. The first-order chi connectivity index (χ1) is 6.27. The third-order valence-electron chi connectivity index (χ3n) is 1.63.